The van der Waals surface area contributed by atoms with Crippen molar-refractivity contribution in [2.45, 2.75) is 33.4 Å². The summed E-state index contributed by atoms with van der Waals surface area (Å²) in [5.74, 6) is 6.24. The lowest BCUT2D eigenvalue weighted by Gasteiger charge is -2.39. The minimum atomic E-state index is -0.978. The summed E-state index contributed by atoms with van der Waals surface area (Å²) < 4.78 is 0. The number of fused-ring (bicyclic) bond motifs is 1. The van der Waals surface area contributed by atoms with Crippen molar-refractivity contribution in [2.75, 3.05) is 6.54 Å². The molecule has 2 heterocycles. The van der Waals surface area contributed by atoms with Crippen LogP contribution >= 0.6 is 0 Å². The molecule has 120 valence electrons. The molecule has 2 unspecified atom stereocenters. The standard InChI is InChI=1S/C18H20N2O3/c1-17(2,3)18-11-12-20(16(21)22)15(18)23-19-14(18)10-9-13-7-5-4-6-8-13/h4-8,15H,11-12H2,1-3H3,(H,21,22). The van der Waals surface area contributed by atoms with Crippen LogP contribution in [0.15, 0.2) is 35.5 Å². The van der Waals surface area contributed by atoms with Crippen molar-refractivity contribution in [3.63, 3.8) is 0 Å². The van der Waals surface area contributed by atoms with Crippen molar-refractivity contribution in [3.8, 4) is 11.8 Å². The molecule has 0 aromatic heterocycles. The van der Waals surface area contributed by atoms with Crippen LogP contribution in [0, 0.1) is 22.7 Å². The van der Waals surface area contributed by atoms with E-state index in [1.807, 2.05) is 30.3 Å². The number of rotatable bonds is 0. The summed E-state index contributed by atoms with van der Waals surface area (Å²) in [7, 11) is 0. The first-order chi connectivity index (χ1) is 10.9. The van der Waals surface area contributed by atoms with E-state index in [2.05, 4.69) is 37.8 Å². The summed E-state index contributed by atoms with van der Waals surface area (Å²) in [4.78, 5) is 18.3. The molecule has 5 heteroatoms. The maximum atomic E-state index is 11.5. The van der Waals surface area contributed by atoms with Crippen LogP contribution in [-0.4, -0.2) is 34.6 Å². The molecule has 0 radical (unpaired) electrons. The summed E-state index contributed by atoms with van der Waals surface area (Å²) in [5.41, 5.74) is 0.814. The fourth-order valence-electron chi connectivity index (χ4n) is 3.45. The van der Waals surface area contributed by atoms with Gasteiger partial charge < -0.3 is 9.94 Å². The number of hydrogen-bond donors (Lipinski definition) is 1. The smallest absolute Gasteiger partial charge is 0.410 e. The third kappa shape index (κ3) is 2.35. The summed E-state index contributed by atoms with van der Waals surface area (Å²) >= 11 is 0. The third-order valence-electron chi connectivity index (χ3n) is 4.80. The van der Waals surface area contributed by atoms with E-state index in [-0.39, 0.29) is 5.41 Å². The highest BCUT2D eigenvalue weighted by Crippen LogP contribution is 2.54. The molecule has 1 fully saturated rings. The van der Waals surface area contributed by atoms with E-state index >= 15 is 0 Å². The van der Waals surface area contributed by atoms with E-state index in [9.17, 15) is 9.90 Å². The zero-order valence-corrected chi connectivity index (χ0v) is 13.5. The monoisotopic (exact) mass is 312 g/mol. The largest absolute Gasteiger partial charge is 0.465 e. The summed E-state index contributed by atoms with van der Waals surface area (Å²) in [6.45, 7) is 6.68. The molecule has 2 aliphatic heterocycles. The van der Waals surface area contributed by atoms with Crippen molar-refractivity contribution < 1.29 is 14.7 Å². The molecule has 2 atom stereocenters. The highest BCUT2D eigenvalue weighted by atomic mass is 16.7. The van der Waals surface area contributed by atoms with Gasteiger partial charge in [-0.3, -0.25) is 4.90 Å². The van der Waals surface area contributed by atoms with Gasteiger partial charge in [-0.25, -0.2) is 4.79 Å². The van der Waals surface area contributed by atoms with Gasteiger partial charge in [0.1, 0.15) is 5.71 Å². The molecule has 1 amide bonds. The number of carboxylic acid groups (broad SMARTS) is 1. The molecular weight excluding hydrogens is 292 g/mol. The first-order valence-electron chi connectivity index (χ1n) is 7.67. The zero-order chi connectivity index (χ0) is 16.7. The molecule has 0 saturated carbocycles. The average Bonchev–Trinajstić information content (AvgIpc) is 3.03. The predicted molar refractivity (Wildman–Crippen MR) is 86.9 cm³/mol. The topological polar surface area (TPSA) is 62.1 Å². The number of benzene rings is 1. The van der Waals surface area contributed by atoms with Gasteiger partial charge in [-0.2, -0.15) is 0 Å². The van der Waals surface area contributed by atoms with E-state index in [4.69, 9.17) is 4.84 Å². The minimum Gasteiger partial charge on any atom is -0.465 e. The Bertz CT molecular complexity index is 709. The second kappa shape index (κ2) is 5.31. The summed E-state index contributed by atoms with van der Waals surface area (Å²) in [6, 6.07) is 9.67. The average molecular weight is 312 g/mol. The maximum absolute atomic E-state index is 11.5. The lowest BCUT2D eigenvalue weighted by Crippen LogP contribution is -2.50. The van der Waals surface area contributed by atoms with Gasteiger partial charge in [0.2, 0.25) is 6.23 Å². The van der Waals surface area contributed by atoms with Gasteiger partial charge in [0, 0.05) is 12.1 Å². The molecule has 5 nitrogen and oxygen atoms in total. The van der Waals surface area contributed by atoms with Gasteiger partial charge in [0.05, 0.1) is 5.41 Å². The molecule has 0 bridgehead atoms. The molecular formula is C18H20N2O3. The summed E-state index contributed by atoms with van der Waals surface area (Å²) in [6.07, 6.45) is -0.913. The van der Waals surface area contributed by atoms with Crippen molar-refractivity contribution in [3.05, 3.63) is 35.9 Å². The van der Waals surface area contributed by atoms with Gasteiger partial charge >= 0.3 is 6.09 Å². The SMILES string of the molecule is CC(C)(C)C12CCN(C(=O)O)C1ON=C2C#Cc1ccccc1. The van der Waals surface area contributed by atoms with Crippen LogP contribution in [0.5, 0.6) is 0 Å². The van der Waals surface area contributed by atoms with Gasteiger partial charge in [-0.15, -0.1) is 0 Å². The van der Waals surface area contributed by atoms with E-state index < -0.39 is 17.7 Å². The molecule has 2 aliphatic rings. The second-order valence-corrected chi connectivity index (χ2v) is 6.96. The number of hydrogen-bond acceptors (Lipinski definition) is 3. The number of carbonyl (C=O) groups is 1. The van der Waals surface area contributed by atoms with Crippen LogP contribution in [0.3, 0.4) is 0 Å². The normalized spacial score (nSPS) is 26.0. The van der Waals surface area contributed by atoms with Crippen molar-refractivity contribution in [1.82, 2.24) is 4.90 Å². The van der Waals surface area contributed by atoms with Crippen LogP contribution in [0.4, 0.5) is 4.79 Å². The fourth-order valence-corrected chi connectivity index (χ4v) is 3.45. The Labute approximate surface area is 135 Å². The van der Waals surface area contributed by atoms with Crippen molar-refractivity contribution >= 4 is 11.8 Å². The molecule has 0 aliphatic carbocycles. The maximum Gasteiger partial charge on any atom is 0.410 e. The zero-order valence-electron chi connectivity index (χ0n) is 13.5. The van der Waals surface area contributed by atoms with E-state index in [1.165, 1.54) is 4.90 Å². The van der Waals surface area contributed by atoms with E-state index in [0.717, 1.165) is 5.56 Å². The van der Waals surface area contributed by atoms with E-state index in [0.29, 0.717) is 18.7 Å². The molecule has 1 saturated heterocycles. The second-order valence-electron chi connectivity index (χ2n) is 6.96. The molecule has 1 aromatic rings. The van der Waals surface area contributed by atoms with Gasteiger partial charge in [-0.1, -0.05) is 50.0 Å². The van der Waals surface area contributed by atoms with Crippen LogP contribution in [0.25, 0.3) is 0 Å². The van der Waals surface area contributed by atoms with Crippen LogP contribution in [0.2, 0.25) is 0 Å². The first kappa shape index (κ1) is 15.4. The highest BCUT2D eigenvalue weighted by molar-refractivity contribution is 6.07. The van der Waals surface area contributed by atoms with Crippen LogP contribution in [-0.2, 0) is 4.84 Å². The van der Waals surface area contributed by atoms with Gasteiger partial charge in [0.25, 0.3) is 0 Å². The Kier molecular flexibility index (Phi) is 3.56. The number of amides is 1. The Morgan fingerprint density at radius 3 is 2.65 bits per heavy atom. The lowest BCUT2D eigenvalue weighted by molar-refractivity contribution is -0.0678. The molecule has 0 spiro atoms. The third-order valence-corrected chi connectivity index (χ3v) is 4.80. The fraction of sp³-hybridized carbons (Fsp3) is 0.444. The summed E-state index contributed by atoms with van der Waals surface area (Å²) in [5, 5.41) is 13.5. The number of oxime groups is 1. The predicted octanol–water partition coefficient (Wildman–Crippen LogP) is 3.17. The van der Waals surface area contributed by atoms with Gasteiger partial charge in [-0.05, 0) is 29.9 Å². The Morgan fingerprint density at radius 2 is 2.04 bits per heavy atom. The Balaban J connectivity index is 1.99. The van der Waals surface area contributed by atoms with Crippen LogP contribution in [0.1, 0.15) is 32.8 Å². The molecule has 3 rings (SSSR count). The van der Waals surface area contributed by atoms with Gasteiger partial charge in [0.15, 0.2) is 0 Å². The highest BCUT2D eigenvalue weighted by Gasteiger charge is 2.63. The molecule has 1 aromatic carbocycles. The minimum absolute atomic E-state index is 0.220. The molecule has 23 heavy (non-hydrogen) atoms. The van der Waals surface area contributed by atoms with Crippen LogP contribution < -0.4 is 0 Å². The number of nitrogens with zero attached hydrogens (tertiary/aromatic N) is 2. The lowest BCUT2D eigenvalue weighted by atomic mass is 9.62. The Morgan fingerprint density at radius 1 is 1.35 bits per heavy atom. The van der Waals surface area contributed by atoms with Crippen molar-refractivity contribution in [1.29, 1.82) is 0 Å². The van der Waals surface area contributed by atoms with E-state index in [1.54, 1.807) is 0 Å². The number of likely N-dealkylation sites (tertiary alicyclic amines) is 1. The van der Waals surface area contributed by atoms with Crippen molar-refractivity contribution in [2.24, 2.45) is 16.0 Å². The first-order valence-corrected chi connectivity index (χ1v) is 7.67. The molecule has 1 N–H and O–H groups in total. The quantitative estimate of drug-likeness (QED) is 0.748. The Hall–Kier alpha value is -2.48.